The number of sulfonamides is 1. The first-order valence-corrected chi connectivity index (χ1v) is 8.70. The Bertz CT molecular complexity index is 917. The molecule has 3 N–H and O–H groups in total. The van der Waals surface area contributed by atoms with Crippen LogP contribution in [0, 0.1) is 12.7 Å². The fraction of sp³-hybridized carbons (Fsp3) is 0.0667. The van der Waals surface area contributed by atoms with Crippen LogP contribution in [-0.4, -0.2) is 20.2 Å². The molecule has 0 aliphatic heterocycles. The summed E-state index contributed by atoms with van der Waals surface area (Å²) in [6.45, 7) is 1.85. The second-order valence-corrected chi connectivity index (χ2v) is 7.04. The van der Waals surface area contributed by atoms with Gasteiger partial charge in [-0.25, -0.2) is 12.8 Å². The number of benzene rings is 2. The van der Waals surface area contributed by atoms with E-state index in [1.165, 1.54) is 6.07 Å². The van der Waals surface area contributed by atoms with Gasteiger partial charge in [-0.3, -0.25) is 15.0 Å². The van der Waals surface area contributed by atoms with Crippen molar-refractivity contribution in [3.8, 4) is 0 Å². The van der Waals surface area contributed by atoms with Gasteiger partial charge in [-0.2, -0.15) is 0 Å². The average Bonchev–Trinajstić information content (AvgIpc) is 2.54. The highest BCUT2D eigenvalue weighted by Crippen LogP contribution is 2.18. The Balaban J connectivity index is 2.00. The number of hydrazine groups is 1. The quantitative estimate of drug-likeness (QED) is 0.550. The standard InChI is InChI=1S/C15H13ClFN3O4S/c1-9-2-5-11(6-3-9)18-14(21)15(22)19-20-25(23,24)13-7-4-10(16)8-12(13)17/h2-8,20H,1H3,(H,18,21)(H,19,22). The van der Waals surface area contributed by atoms with Crippen LogP contribution in [0.4, 0.5) is 10.1 Å². The minimum Gasteiger partial charge on any atom is -0.318 e. The Morgan fingerprint density at radius 1 is 1.04 bits per heavy atom. The molecule has 7 nitrogen and oxygen atoms in total. The van der Waals surface area contributed by atoms with Gasteiger partial charge in [0, 0.05) is 10.7 Å². The summed E-state index contributed by atoms with van der Waals surface area (Å²) in [5, 5.41) is 2.30. The van der Waals surface area contributed by atoms with E-state index in [9.17, 15) is 22.4 Å². The second-order valence-electron chi connectivity index (χ2n) is 4.95. The van der Waals surface area contributed by atoms with E-state index < -0.39 is 32.6 Å². The molecule has 0 unspecified atom stereocenters. The van der Waals surface area contributed by atoms with E-state index in [1.807, 2.05) is 6.92 Å². The molecule has 0 saturated heterocycles. The van der Waals surface area contributed by atoms with Crippen LogP contribution in [0.15, 0.2) is 47.4 Å². The highest BCUT2D eigenvalue weighted by Gasteiger charge is 2.22. The third-order valence-corrected chi connectivity index (χ3v) is 4.51. The van der Waals surface area contributed by atoms with Gasteiger partial charge in [0.2, 0.25) is 0 Å². The zero-order valence-corrected chi connectivity index (χ0v) is 14.4. The van der Waals surface area contributed by atoms with Gasteiger partial charge < -0.3 is 5.32 Å². The fourth-order valence-corrected chi connectivity index (χ4v) is 2.80. The predicted octanol–water partition coefficient (Wildman–Crippen LogP) is 1.74. The average molecular weight is 386 g/mol. The number of amides is 2. The third-order valence-electron chi connectivity index (χ3n) is 3.00. The van der Waals surface area contributed by atoms with Gasteiger partial charge >= 0.3 is 11.8 Å². The molecule has 0 aliphatic rings. The van der Waals surface area contributed by atoms with Crippen molar-refractivity contribution >= 4 is 39.1 Å². The summed E-state index contributed by atoms with van der Waals surface area (Å²) in [5.74, 6) is -3.46. The molecule has 2 aromatic rings. The Kier molecular flexibility index (Phi) is 5.73. The largest absolute Gasteiger partial charge is 0.324 e. The molecule has 0 heterocycles. The van der Waals surface area contributed by atoms with Crippen LogP contribution in [-0.2, 0) is 19.6 Å². The van der Waals surface area contributed by atoms with Gasteiger partial charge in [0.05, 0.1) is 0 Å². The number of hydrogen-bond acceptors (Lipinski definition) is 4. The van der Waals surface area contributed by atoms with Crippen molar-refractivity contribution in [2.75, 3.05) is 5.32 Å². The van der Waals surface area contributed by atoms with E-state index in [4.69, 9.17) is 11.6 Å². The third kappa shape index (κ3) is 4.99. The molecule has 25 heavy (non-hydrogen) atoms. The van der Waals surface area contributed by atoms with E-state index >= 15 is 0 Å². The molecule has 0 fully saturated rings. The van der Waals surface area contributed by atoms with Crippen LogP contribution >= 0.6 is 11.6 Å². The molecule has 10 heteroatoms. The monoisotopic (exact) mass is 385 g/mol. The smallest absolute Gasteiger partial charge is 0.318 e. The Morgan fingerprint density at radius 2 is 1.68 bits per heavy atom. The van der Waals surface area contributed by atoms with Crippen molar-refractivity contribution in [1.82, 2.24) is 10.3 Å². The van der Waals surface area contributed by atoms with Crippen LogP contribution in [0.3, 0.4) is 0 Å². The molecule has 0 spiro atoms. The Morgan fingerprint density at radius 3 is 2.28 bits per heavy atom. The second kappa shape index (κ2) is 7.60. The van der Waals surface area contributed by atoms with Crippen molar-refractivity contribution in [2.45, 2.75) is 11.8 Å². The summed E-state index contributed by atoms with van der Waals surface area (Å²) in [6.07, 6.45) is 0. The number of halogens is 2. The van der Waals surface area contributed by atoms with Crippen LogP contribution < -0.4 is 15.6 Å². The first kappa shape index (κ1) is 18.8. The van der Waals surface area contributed by atoms with Crippen molar-refractivity contribution < 1.29 is 22.4 Å². The zero-order valence-electron chi connectivity index (χ0n) is 12.8. The molecule has 0 atom stereocenters. The highest BCUT2D eigenvalue weighted by molar-refractivity contribution is 7.89. The van der Waals surface area contributed by atoms with Crippen LogP contribution in [0.25, 0.3) is 0 Å². The maximum atomic E-state index is 13.7. The maximum Gasteiger partial charge on any atom is 0.324 e. The summed E-state index contributed by atoms with van der Waals surface area (Å²) >= 11 is 5.54. The number of hydrogen-bond donors (Lipinski definition) is 3. The van der Waals surface area contributed by atoms with Gasteiger partial charge in [-0.05, 0) is 37.3 Å². The summed E-state index contributed by atoms with van der Waals surface area (Å²) < 4.78 is 37.5. The number of carbonyl (C=O) groups excluding carboxylic acids is 2. The van der Waals surface area contributed by atoms with Gasteiger partial charge in [-0.1, -0.05) is 29.3 Å². The summed E-state index contributed by atoms with van der Waals surface area (Å²) in [6, 6.07) is 9.51. The molecule has 0 bridgehead atoms. The topological polar surface area (TPSA) is 104 Å². The molecule has 0 saturated carbocycles. The molecule has 2 amide bonds. The number of aryl methyl sites for hydroxylation is 1. The summed E-state index contributed by atoms with van der Waals surface area (Å²) in [5.41, 5.74) is 3.02. The summed E-state index contributed by atoms with van der Waals surface area (Å²) in [4.78, 5) is 24.3. The van der Waals surface area contributed by atoms with Gasteiger partial charge in [-0.15, -0.1) is 4.83 Å². The number of anilines is 1. The Hall–Kier alpha value is -2.49. The van der Waals surface area contributed by atoms with E-state index in [1.54, 1.807) is 34.5 Å². The molecule has 2 aromatic carbocycles. The summed E-state index contributed by atoms with van der Waals surface area (Å²) in [7, 11) is -4.41. The normalized spacial score (nSPS) is 11.0. The zero-order chi connectivity index (χ0) is 18.6. The lowest BCUT2D eigenvalue weighted by atomic mass is 10.2. The SMILES string of the molecule is Cc1ccc(NC(=O)C(=O)NNS(=O)(=O)c2ccc(Cl)cc2F)cc1. The lowest BCUT2D eigenvalue weighted by molar-refractivity contribution is -0.136. The maximum absolute atomic E-state index is 13.7. The first-order valence-electron chi connectivity index (χ1n) is 6.84. The molecule has 0 aromatic heterocycles. The van der Waals surface area contributed by atoms with Crippen molar-refractivity contribution in [3.63, 3.8) is 0 Å². The molecular weight excluding hydrogens is 373 g/mol. The highest BCUT2D eigenvalue weighted by atomic mass is 35.5. The lowest BCUT2D eigenvalue weighted by Gasteiger charge is -2.09. The molecule has 2 rings (SSSR count). The van der Waals surface area contributed by atoms with Crippen LogP contribution in [0.5, 0.6) is 0 Å². The molecule has 132 valence electrons. The van der Waals surface area contributed by atoms with Gasteiger partial charge in [0.15, 0.2) is 0 Å². The van der Waals surface area contributed by atoms with E-state index in [2.05, 4.69) is 5.32 Å². The minimum atomic E-state index is -4.41. The van der Waals surface area contributed by atoms with Crippen molar-refractivity contribution in [3.05, 3.63) is 58.9 Å². The molecular formula is C15H13ClFN3O4S. The minimum absolute atomic E-state index is 0.0120. The lowest BCUT2D eigenvalue weighted by Crippen LogP contribution is -2.46. The van der Waals surface area contributed by atoms with Crippen LogP contribution in [0.2, 0.25) is 5.02 Å². The van der Waals surface area contributed by atoms with E-state index in [0.29, 0.717) is 5.69 Å². The van der Waals surface area contributed by atoms with Crippen molar-refractivity contribution in [2.24, 2.45) is 0 Å². The van der Waals surface area contributed by atoms with Gasteiger partial charge in [0.25, 0.3) is 10.0 Å². The number of nitrogens with one attached hydrogen (secondary N) is 3. The van der Waals surface area contributed by atoms with Gasteiger partial charge in [0.1, 0.15) is 10.7 Å². The van der Waals surface area contributed by atoms with Crippen molar-refractivity contribution in [1.29, 1.82) is 0 Å². The first-order chi connectivity index (χ1) is 11.7. The van der Waals surface area contributed by atoms with E-state index in [-0.39, 0.29) is 5.02 Å². The fourth-order valence-electron chi connectivity index (χ4n) is 1.74. The van der Waals surface area contributed by atoms with Crippen LogP contribution in [0.1, 0.15) is 5.56 Å². The predicted molar refractivity (Wildman–Crippen MR) is 89.7 cm³/mol. The van der Waals surface area contributed by atoms with E-state index in [0.717, 1.165) is 17.7 Å². The Labute approximate surface area is 148 Å². The molecule has 0 aliphatic carbocycles. The number of carbonyl (C=O) groups is 2. The number of rotatable bonds is 4. The molecule has 0 radical (unpaired) electrons.